The highest BCUT2D eigenvalue weighted by molar-refractivity contribution is 14.1. The maximum Gasteiger partial charge on any atom is 0.221 e. The second kappa shape index (κ2) is 14.9. The molecule has 0 rings (SSSR count). The second-order valence-corrected chi connectivity index (χ2v) is 4.56. The zero-order chi connectivity index (χ0) is 15.1. The van der Waals surface area contributed by atoms with Crippen LogP contribution in [0.5, 0.6) is 0 Å². The van der Waals surface area contributed by atoms with Crippen molar-refractivity contribution in [1.82, 2.24) is 10.6 Å². The molecule has 0 aromatic heterocycles. The minimum atomic E-state index is -0.145. The van der Waals surface area contributed by atoms with Crippen molar-refractivity contribution < 1.29 is 23.8 Å². The van der Waals surface area contributed by atoms with E-state index in [1.165, 1.54) is 0 Å². The molecule has 0 fully saturated rings. The molecule has 0 aromatic carbocycles. The Morgan fingerprint density at radius 2 is 1.45 bits per heavy atom. The van der Waals surface area contributed by atoms with E-state index in [2.05, 4.69) is 10.6 Å². The zero-order valence-electron chi connectivity index (χ0n) is 11.8. The first-order valence-electron chi connectivity index (χ1n) is 6.44. The first-order chi connectivity index (χ1) is 9.70. The topological polar surface area (TPSA) is 85.9 Å². The monoisotopic (exact) mass is 402 g/mol. The standard InChI is InChI=1S/C12H23IN2O5/c1-18-6-7-20-9-8-19-5-4-14-11(16)2-3-12(17)15-10-13/h2-10H2,1H3,(H,14,16)(H,15,17). The molecule has 20 heavy (non-hydrogen) atoms. The van der Waals surface area contributed by atoms with E-state index in [1.54, 1.807) is 7.11 Å². The van der Waals surface area contributed by atoms with Crippen molar-refractivity contribution in [3.63, 3.8) is 0 Å². The van der Waals surface area contributed by atoms with Gasteiger partial charge in [-0.05, 0) is 0 Å². The predicted octanol–water partition coefficient (Wildman–Crippen LogP) is 0.0711. The van der Waals surface area contributed by atoms with Crippen molar-refractivity contribution in [1.29, 1.82) is 0 Å². The van der Waals surface area contributed by atoms with Crippen molar-refractivity contribution in [3.8, 4) is 0 Å². The van der Waals surface area contributed by atoms with Crippen LogP contribution < -0.4 is 10.6 Å². The van der Waals surface area contributed by atoms with Crippen molar-refractivity contribution in [3.05, 3.63) is 0 Å². The lowest BCUT2D eigenvalue weighted by Gasteiger charge is -2.07. The summed E-state index contributed by atoms with van der Waals surface area (Å²) >= 11 is 2.04. The number of amides is 2. The summed E-state index contributed by atoms with van der Waals surface area (Å²) in [6, 6.07) is 0. The van der Waals surface area contributed by atoms with Crippen LogP contribution in [-0.4, -0.2) is 63.1 Å². The van der Waals surface area contributed by atoms with Gasteiger partial charge < -0.3 is 24.8 Å². The molecule has 0 aliphatic carbocycles. The molecule has 0 aromatic rings. The third-order valence-electron chi connectivity index (χ3n) is 2.22. The number of nitrogens with one attached hydrogen (secondary N) is 2. The second-order valence-electron chi connectivity index (χ2n) is 3.80. The fourth-order valence-corrected chi connectivity index (χ4v) is 1.63. The average Bonchev–Trinajstić information content (AvgIpc) is 2.43. The largest absolute Gasteiger partial charge is 0.382 e. The maximum atomic E-state index is 11.4. The van der Waals surface area contributed by atoms with Gasteiger partial charge in [-0.1, -0.05) is 22.6 Å². The highest BCUT2D eigenvalue weighted by Crippen LogP contribution is 1.90. The molecule has 0 unspecified atom stereocenters. The Hall–Kier alpha value is -0.450. The molecule has 0 radical (unpaired) electrons. The summed E-state index contributed by atoms with van der Waals surface area (Å²) in [7, 11) is 1.62. The molecule has 7 nitrogen and oxygen atoms in total. The molecule has 0 aliphatic heterocycles. The number of ether oxygens (including phenoxy) is 3. The smallest absolute Gasteiger partial charge is 0.221 e. The molecule has 0 atom stereocenters. The van der Waals surface area contributed by atoms with E-state index in [-0.39, 0.29) is 24.7 Å². The van der Waals surface area contributed by atoms with E-state index in [1.807, 2.05) is 22.6 Å². The van der Waals surface area contributed by atoms with Crippen LogP contribution in [0.15, 0.2) is 0 Å². The van der Waals surface area contributed by atoms with Crippen molar-refractivity contribution in [2.45, 2.75) is 12.8 Å². The van der Waals surface area contributed by atoms with E-state index in [0.717, 1.165) is 0 Å². The third-order valence-corrected chi connectivity index (χ3v) is 2.60. The molecular weight excluding hydrogens is 379 g/mol. The van der Waals surface area contributed by atoms with Crippen molar-refractivity contribution in [2.24, 2.45) is 0 Å². The number of alkyl halides is 1. The molecule has 2 amide bonds. The van der Waals surface area contributed by atoms with Gasteiger partial charge in [0.2, 0.25) is 11.8 Å². The SMILES string of the molecule is COCCOCCOCCNC(=O)CCC(=O)NCI. The van der Waals surface area contributed by atoms with Crippen LogP contribution in [0.2, 0.25) is 0 Å². The minimum Gasteiger partial charge on any atom is -0.382 e. The quantitative estimate of drug-likeness (QED) is 0.197. The Labute approximate surface area is 133 Å². The number of hydrogen-bond acceptors (Lipinski definition) is 5. The Morgan fingerprint density at radius 1 is 0.900 bits per heavy atom. The number of methoxy groups -OCH3 is 1. The summed E-state index contributed by atoms with van der Waals surface area (Å²) < 4.78 is 15.9. The van der Waals surface area contributed by atoms with Gasteiger partial charge in [0.15, 0.2) is 0 Å². The van der Waals surface area contributed by atoms with E-state index in [0.29, 0.717) is 44.1 Å². The number of carbonyl (C=O) groups is 2. The van der Waals surface area contributed by atoms with Gasteiger partial charge in [-0.3, -0.25) is 9.59 Å². The molecule has 0 heterocycles. The van der Waals surface area contributed by atoms with Gasteiger partial charge in [0.1, 0.15) is 0 Å². The van der Waals surface area contributed by atoms with Gasteiger partial charge in [-0.2, -0.15) is 0 Å². The predicted molar refractivity (Wildman–Crippen MR) is 82.8 cm³/mol. The molecule has 2 N–H and O–H groups in total. The van der Waals surface area contributed by atoms with Crippen LogP contribution in [0.4, 0.5) is 0 Å². The Balaban J connectivity index is 3.25. The molecule has 0 saturated carbocycles. The first-order valence-corrected chi connectivity index (χ1v) is 7.97. The van der Waals surface area contributed by atoms with Crippen molar-refractivity contribution >= 4 is 34.4 Å². The average molecular weight is 402 g/mol. The van der Waals surface area contributed by atoms with E-state index < -0.39 is 0 Å². The van der Waals surface area contributed by atoms with Gasteiger partial charge in [0.05, 0.1) is 37.6 Å². The number of halogens is 1. The Kier molecular flexibility index (Phi) is 14.6. The van der Waals surface area contributed by atoms with E-state index in [4.69, 9.17) is 14.2 Å². The van der Waals surface area contributed by atoms with Crippen LogP contribution in [-0.2, 0) is 23.8 Å². The summed E-state index contributed by atoms with van der Waals surface area (Å²) in [5, 5.41) is 5.31. The normalized spacial score (nSPS) is 10.3. The van der Waals surface area contributed by atoms with Crippen LogP contribution in [0.1, 0.15) is 12.8 Å². The van der Waals surface area contributed by atoms with Crippen LogP contribution >= 0.6 is 22.6 Å². The maximum absolute atomic E-state index is 11.4. The molecule has 0 aliphatic rings. The summed E-state index contributed by atoms with van der Waals surface area (Å²) in [4.78, 5) is 22.5. The summed E-state index contributed by atoms with van der Waals surface area (Å²) in [6.07, 6.45) is 0.408. The highest BCUT2D eigenvalue weighted by Gasteiger charge is 2.05. The zero-order valence-corrected chi connectivity index (χ0v) is 13.9. The Morgan fingerprint density at radius 3 is 2.05 bits per heavy atom. The lowest BCUT2D eigenvalue weighted by atomic mass is 10.3. The first kappa shape index (κ1) is 19.6. The van der Waals surface area contributed by atoms with Gasteiger partial charge in [0, 0.05) is 26.5 Å². The summed E-state index contributed by atoms with van der Waals surface area (Å²) in [5.74, 6) is -0.257. The number of hydrogen-bond donors (Lipinski definition) is 2. The van der Waals surface area contributed by atoms with Crippen molar-refractivity contribution in [2.75, 3.05) is 51.2 Å². The fourth-order valence-electron chi connectivity index (χ4n) is 1.21. The van der Waals surface area contributed by atoms with Crippen LogP contribution in [0, 0.1) is 0 Å². The molecule has 118 valence electrons. The van der Waals surface area contributed by atoms with Gasteiger partial charge in [-0.15, -0.1) is 0 Å². The molecule has 0 bridgehead atoms. The van der Waals surface area contributed by atoms with Crippen LogP contribution in [0.25, 0.3) is 0 Å². The summed E-state index contributed by atoms with van der Waals surface area (Å²) in [5.41, 5.74) is 0. The third kappa shape index (κ3) is 14.0. The molecular formula is C12H23IN2O5. The number of carbonyl (C=O) groups excluding carboxylic acids is 2. The molecule has 8 heteroatoms. The lowest BCUT2D eigenvalue weighted by molar-refractivity contribution is -0.126. The molecule has 0 saturated heterocycles. The fraction of sp³-hybridized carbons (Fsp3) is 0.833. The molecule has 0 spiro atoms. The van der Waals surface area contributed by atoms with Gasteiger partial charge in [0.25, 0.3) is 0 Å². The lowest BCUT2D eigenvalue weighted by Crippen LogP contribution is -2.29. The Bertz CT molecular complexity index is 266. The van der Waals surface area contributed by atoms with Crippen LogP contribution in [0.3, 0.4) is 0 Å². The van der Waals surface area contributed by atoms with E-state index >= 15 is 0 Å². The number of rotatable bonds is 13. The highest BCUT2D eigenvalue weighted by atomic mass is 127. The minimum absolute atomic E-state index is 0.112. The summed E-state index contributed by atoms with van der Waals surface area (Å²) in [6.45, 7) is 2.98. The van der Waals surface area contributed by atoms with Gasteiger partial charge >= 0.3 is 0 Å². The van der Waals surface area contributed by atoms with E-state index in [9.17, 15) is 9.59 Å². The van der Waals surface area contributed by atoms with Gasteiger partial charge in [-0.25, -0.2) is 0 Å².